The van der Waals surface area contributed by atoms with Gasteiger partial charge in [0.1, 0.15) is 6.04 Å². The maximum absolute atomic E-state index is 10.1. The highest BCUT2D eigenvalue weighted by atomic mass is 16.5. The molecule has 0 spiro atoms. The lowest BCUT2D eigenvalue weighted by Gasteiger charge is -2.05. The van der Waals surface area contributed by atoms with Crippen molar-refractivity contribution in [2.75, 3.05) is 19.8 Å². The van der Waals surface area contributed by atoms with Crippen LogP contribution >= 0.6 is 0 Å². The molecule has 0 aromatic heterocycles. The van der Waals surface area contributed by atoms with Gasteiger partial charge in [-0.3, -0.25) is 9.59 Å². The van der Waals surface area contributed by atoms with Gasteiger partial charge in [0.2, 0.25) is 0 Å². The summed E-state index contributed by atoms with van der Waals surface area (Å²) in [5.74, 6) is -1.77. The van der Waals surface area contributed by atoms with Crippen molar-refractivity contribution >= 4 is 11.9 Å². The Labute approximate surface area is 267 Å². The molecule has 260 valence electrons. The van der Waals surface area contributed by atoms with Gasteiger partial charge in [0.05, 0.1) is 0 Å². The van der Waals surface area contributed by atoms with Crippen molar-refractivity contribution in [1.29, 1.82) is 0 Å². The van der Waals surface area contributed by atoms with Crippen LogP contribution in [0.1, 0.15) is 194 Å². The van der Waals surface area contributed by atoms with Crippen LogP contribution in [0, 0.1) is 0 Å². The molecule has 0 heterocycles. The van der Waals surface area contributed by atoms with E-state index in [1.165, 1.54) is 154 Å². The van der Waals surface area contributed by atoms with Gasteiger partial charge in [-0.2, -0.15) is 0 Å². The molecule has 0 aliphatic heterocycles. The first-order chi connectivity index (χ1) is 20.8. The molecular weight excluding hydrogens is 540 g/mol. The molecule has 0 aliphatic carbocycles. The summed E-state index contributed by atoms with van der Waals surface area (Å²) in [6, 6.07) is -0.716. The minimum Gasteiger partial charge on any atom is -0.481 e. The molecule has 0 rings (SSSR count). The number of rotatable bonds is 31. The largest absolute Gasteiger partial charge is 0.481 e. The first-order valence-electron chi connectivity index (χ1n) is 18.3. The Kier molecular flexibility index (Phi) is 46.2. The SMILES string of the molecule is CC(=O)O.CCCCCCCCCCCCCCOCCCCCCCCCCCCCC.NCCCC[C@H](N)C(=O)O. The first-order valence-corrected chi connectivity index (χ1v) is 18.3. The molecular formula is C36H76N2O5. The molecule has 0 aromatic carbocycles. The van der Waals surface area contributed by atoms with Gasteiger partial charge in [0.15, 0.2) is 0 Å². The lowest BCUT2D eigenvalue weighted by molar-refractivity contribution is -0.138. The van der Waals surface area contributed by atoms with Gasteiger partial charge < -0.3 is 26.4 Å². The fourth-order valence-electron chi connectivity index (χ4n) is 4.82. The summed E-state index contributed by atoms with van der Waals surface area (Å²) in [7, 11) is 0. The highest BCUT2D eigenvalue weighted by Crippen LogP contribution is 2.13. The van der Waals surface area contributed by atoms with Gasteiger partial charge in [0, 0.05) is 20.1 Å². The van der Waals surface area contributed by atoms with Gasteiger partial charge in [-0.05, 0) is 32.2 Å². The Bertz CT molecular complexity index is 504. The van der Waals surface area contributed by atoms with Crippen molar-refractivity contribution in [3.8, 4) is 0 Å². The van der Waals surface area contributed by atoms with Crippen LogP contribution in [0.15, 0.2) is 0 Å². The van der Waals surface area contributed by atoms with Gasteiger partial charge >= 0.3 is 5.97 Å². The van der Waals surface area contributed by atoms with Gasteiger partial charge in [-0.1, -0.05) is 162 Å². The quantitative estimate of drug-likeness (QED) is 0.0569. The molecule has 0 aromatic rings. The second-order valence-corrected chi connectivity index (χ2v) is 12.1. The van der Waals surface area contributed by atoms with Crippen LogP contribution in [0.4, 0.5) is 0 Å². The van der Waals surface area contributed by atoms with Crippen LogP contribution in [0.3, 0.4) is 0 Å². The fourth-order valence-corrected chi connectivity index (χ4v) is 4.82. The highest BCUT2D eigenvalue weighted by molar-refractivity contribution is 5.72. The maximum Gasteiger partial charge on any atom is 0.320 e. The summed E-state index contributed by atoms with van der Waals surface area (Å²) in [5.41, 5.74) is 10.4. The minimum absolute atomic E-state index is 0.520. The maximum atomic E-state index is 10.1. The van der Waals surface area contributed by atoms with Crippen LogP contribution in [0.2, 0.25) is 0 Å². The third-order valence-corrected chi connectivity index (χ3v) is 7.57. The lowest BCUT2D eigenvalue weighted by Crippen LogP contribution is -2.29. The van der Waals surface area contributed by atoms with E-state index < -0.39 is 18.0 Å². The molecule has 0 saturated carbocycles. The molecule has 1 atom stereocenters. The van der Waals surface area contributed by atoms with Crippen molar-refractivity contribution < 1.29 is 24.5 Å². The van der Waals surface area contributed by atoms with Crippen LogP contribution in [-0.4, -0.2) is 48.0 Å². The van der Waals surface area contributed by atoms with E-state index in [4.69, 9.17) is 31.2 Å². The number of carbonyl (C=O) groups is 2. The average Bonchev–Trinajstić information content (AvgIpc) is 2.97. The van der Waals surface area contributed by atoms with Crippen LogP contribution in [-0.2, 0) is 14.3 Å². The number of hydrogen-bond donors (Lipinski definition) is 4. The van der Waals surface area contributed by atoms with E-state index in [1.807, 2.05) is 0 Å². The van der Waals surface area contributed by atoms with E-state index in [0.717, 1.165) is 33.0 Å². The van der Waals surface area contributed by atoms with Crippen molar-refractivity contribution in [2.24, 2.45) is 11.5 Å². The molecule has 0 radical (unpaired) electrons. The van der Waals surface area contributed by atoms with Gasteiger partial charge in [-0.15, -0.1) is 0 Å². The number of unbranched alkanes of at least 4 members (excludes halogenated alkanes) is 23. The summed E-state index contributed by atoms with van der Waals surface area (Å²) in [6.45, 7) is 8.27. The van der Waals surface area contributed by atoms with Crippen LogP contribution < -0.4 is 11.5 Å². The van der Waals surface area contributed by atoms with E-state index in [1.54, 1.807) is 0 Å². The zero-order chi connectivity index (χ0) is 32.7. The van der Waals surface area contributed by atoms with E-state index in [0.29, 0.717) is 13.0 Å². The monoisotopic (exact) mass is 617 g/mol. The summed E-state index contributed by atoms with van der Waals surface area (Å²) in [4.78, 5) is 19.1. The molecule has 7 heteroatoms. The molecule has 0 saturated heterocycles. The highest BCUT2D eigenvalue weighted by Gasteiger charge is 2.09. The number of hydrogen-bond acceptors (Lipinski definition) is 5. The normalized spacial score (nSPS) is 11.3. The summed E-state index contributed by atoms with van der Waals surface area (Å²) >= 11 is 0. The van der Waals surface area contributed by atoms with Crippen molar-refractivity contribution in [3.05, 3.63) is 0 Å². The van der Waals surface area contributed by atoms with Crippen LogP contribution in [0.25, 0.3) is 0 Å². The first kappa shape index (κ1) is 46.2. The van der Waals surface area contributed by atoms with Gasteiger partial charge in [-0.25, -0.2) is 0 Å². The van der Waals surface area contributed by atoms with Crippen LogP contribution in [0.5, 0.6) is 0 Å². The van der Waals surface area contributed by atoms with E-state index >= 15 is 0 Å². The van der Waals surface area contributed by atoms with Crippen molar-refractivity contribution in [3.63, 3.8) is 0 Å². The zero-order valence-corrected chi connectivity index (χ0v) is 29.1. The topological polar surface area (TPSA) is 136 Å². The zero-order valence-electron chi connectivity index (χ0n) is 29.1. The Morgan fingerprint density at radius 1 is 0.535 bits per heavy atom. The van der Waals surface area contributed by atoms with E-state index in [-0.39, 0.29) is 0 Å². The Balaban J connectivity index is -0.000000940. The third kappa shape index (κ3) is 53.8. The Morgan fingerprint density at radius 2 is 0.814 bits per heavy atom. The molecule has 7 nitrogen and oxygen atoms in total. The number of carboxylic acid groups (broad SMARTS) is 2. The second-order valence-electron chi connectivity index (χ2n) is 12.1. The summed E-state index contributed by atoms with van der Waals surface area (Å²) < 4.78 is 5.82. The lowest BCUT2D eigenvalue weighted by atomic mass is 10.1. The van der Waals surface area contributed by atoms with E-state index in [2.05, 4.69) is 13.8 Å². The second kappa shape index (κ2) is 43.0. The smallest absolute Gasteiger partial charge is 0.320 e. The molecule has 0 amide bonds. The standard InChI is InChI=1S/C28H58O.C6H14N2O2.C2H4O2/c1-3-5-7-9-11-13-15-17-19-21-23-25-27-29-28-26-24-22-20-18-16-14-12-10-8-6-4-2;7-4-2-1-3-5(8)6(9)10;1-2(3)4/h3-28H2,1-2H3;5H,1-4,7-8H2,(H,9,10);1H3,(H,3,4)/t;5-;/m.0./s1. The van der Waals surface area contributed by atoms with Gasteiger partial charge in [0.25, 0.3) is 5.97 Å². The predicted molar refractivity (Wildman–Crippen MR) is 185 cm³/mol. The third-order valence-electron chi connectivity index (χ3n) is 7.57. The minimum atomic E-state index is -0.933. The van der Waals surface area contributed by atoms with E-state index in [9.17, 15) is 4.79 Å². The molecule has 0 aliphatic rings. The Hall–Kier alpha value is -1.18. The molecule has 43 heavy (non-hydrogen) atoms. The molecule has 0 fully saturated rings. The summed E-state index contributed by atoms with van der Waals surface area (Å²) in [5, 5.41) is 15.7. The van der Waals surface area contributed by atoms with Crippen molar-refractivity contribution in [1.82, 2.24) is 0 Å². The van der Waals surface area contributed by atoms with Crippen molar-refractivity contribution in [2.45, 2.75) is 200 Å². The molecule has 0 unspecified atom stereocenters. The molecule has 0 bridgehead atoms. The molecule has 6 N–H and O–H groups in total. The Morgan fingerprint density at radius 3 is 1.07 bits per heavy atom. The summed E-state index contributed by atoms with van der Waals surface area (Å²) in [6.07, 6.45) is 36.3. The number of ether oxygens (including phenoxy) is 1. The number of aliphatic carboxylic acids is 2. The average molecular weight is 617 g/mol. The predicted octanol–water partition coefficient (Wildman–Crippen LogP) is 10.0. The fraction of sp³-hybridized carbons (Fsp3) is 0.944. The number of carboxylic acids is 2. The number of nitrogens with two attached hydrogens (primary N) is 2.